The Hall–Kier alpha value is -0.450. The van der Waals surface area contributed by atoms with Gasteiger partial charge < -0.3 is 5.11 Å². The molecule has 0 saturated heterocycles. The predicted octanol–water partition coefficient (Wildman–Crippen LogP) is 3.30. The molecule has 0 spiro atoms. The number of rotatable bonds is 1. The number of aliphatic hydroxyl groups excluding tert-OH is 1. The topological polar surface area (TPSA) is 20.2 Å². The molecule has 0 aliphatic carbocycles. The van der Waals surface area contributed by atoms with E-state index in [1.54, 1.807) is 6.07 Å². The van der Waals surface area contributed by atoms with Crippen LogP contribution >= 0.6 is 27.3 Å². The minimum absolute atomic E-state index is 0.0562. The van der Waals surface area contributed by atoms with Crippen LogP contribution in [0.15, 0.2) is 22.7 Å². The fourth-order valence-corrected chi connectivity index (χ4v) is 2.99. The normalized spacial score (nSPS) is 11.0. The molecule has 2 rings (SSSR count). The van der Waals surface area contributed by atoms with E-state index >= 15 is 0 Å². The maximum absolute atomic E-state index is 13.2. The molecule has 1 aromatic heterocycles. The van der Waals surface area contributed by atoms with Crippen LogP contribution in [0.25, 0.3) is 10.1 Å². The lowest BCUT2D eigenvalue weighted by Crippen LogP contribution is -1.74. The highest BCUT2D eigenvalue weighted by Gasteiger charge is 2.11. The third kappa shape index (κ3) is 1.39. The lowest BCUT2D eigenvalue weighted by Gasteiger charge is -1.90. The van der Waals surface area contributed by atoms with Gasteiger partial charge in [-0.1, -0.05) is 12.1 Å². The molecular formula is C9H6BrFOS. The molecule has 0 unspecified atom stereocenters. The Morgan fingerprint density at radius 3 is 2.85 bits per heavy atom. The van der Waals surface area contributed by atoms with Crippen LogP contribution in [-0.2, 0) is 6.61 Å². The summed E-state index contributed by atoms with van der Waals surface area (Å²) in [7, 11) is 0. The van der Waals surface area contributed by atoms with Gasteiger partial charge in [0.25, 0.3) is 0 Å². The number of hydrogen-bond donors (Lipinski definition) is 1. The van der Waals surface area contributed by atoms with Crippen LogP contribution in [0.4, 0.5) is 4.39 Å². The van der Waals surface area contributed by atoms with Gasteiger partial charge in [0.05, 0.1) is 11.3 Å². The maximum Gasteiger partial charge on any atom is 0.141 e. The van der Waals surface area contributed by atoms with Crippen molar-refractivity contribution in [1.82, 2.24) is 0 Å². The monoisotopic (exact) mass is 260 g/mol. The summed E-state index contributed by atoms with van der Waals surface area (Å²) in [5, 5.41) is 9.80. The lowest BCUT2D eigenvalue weighted by atomic mass is 10.2. The van der Waals surface area contributed by atoms with Gasteiger partial charge in [-0.05, 0) is 22.0 Å². The van der Waals surface area contributed by atoms with Gasteiger partial charge >= 0.3 is 0 Å². The second kappa shape index (κ2) is 3.36. The fraction of sp³-hybridized carbons (Fsp3) is 0.111. The maximum atomic E-state index is 13.2. The summed E-state index contributed by atoms with van der Waals surface area (Å²) >= 11 is 4.61. The van der Waals surface area contributed by atoms with E-state index in [0.717, 1.165) is 14.7 Å². The second-order valence-electron chi connectivity index (χ2n) is 2.61. The van der Waals surface area contributed by atoms with Crippen LogP contribution in [0.5, 0.6) is 0 Å². The first kappa shape index (κ1) is 9.12. The summed E-state index contributed by atoms with van der Waals surface area (Å²) in [6.45, 7) is -0.0562. The zero-order valence-electron chi connectivity index (χ0n) is 6.55. The molecule has 1 nitrogen and oxygen atoms in total. The molecule has 0 aliphatic heterocycles. The van der Waals surface area contributed by atoms with E-state index in [0.29, 0.717) is 4.70 Å². The van der Waals surface area contributed by atoms with Crippen molar-refractivity contribution in [2.45, 2.75) is 6.61 Å². The number of aliphatic hydroxyl groups is 1. The molecule has 13 heavy (non-hydrogen) atoms. The van der Waals surface area contributed by atoms with Crippen molar-refractivity contribution in [2.24, 2.45) is 0 Å². The van der Waals surface area contributed by atoms with E-state index in [9.17, 15) is 4.39 Å². The molecule has 0 bridgehead atoms. The van der Waals surface area contributed by atoms with E-state index in [2.05, 4.69) is 15.9 Å². The lowest BCUT2D eigenvalue weighted by molar-refractivity contribution is 0.285. The van der Waals surface area contributed by atoms with Crippen LogP contribution in [-0.4, -0.2) is 5.11 Å². The van der Waals surface area contributed by atoms with Crippen LogP contribution in [0.3, 0.4) is 0 Å². The average Bonchev–Trinajstić information content (AvgIpc) is 2.45. The Balaban J connectivity index is 2.83. The molecule has 0 atom stereocenters. The summed E-state index contributed by atoms with van der Waals surface area (Å²) in [5.74, 6) is -0.233. The molecule has 1 heterocycles. The van der Waals surface area contributed by atoms with E-state index in [-0.39, 0.29) is 12.4 Å². The number of thiophene rings is 1. The standard InChI is InChI=1S/C9H6BrFOS/c10-8-5-2-1-3-6(11)9(5)13-7(8)4-12/h1-3,12H,4H2. The van der Waals surface area contributed by atoms with Crippen molar-refractivity contribution in [3.05, 3.63) is 33.4 Å². The molecule has 0 aliphatic rings. The Labute approximate surface area is 86.9 Å². The minimum Gasteiger partial charge on any atom is -0.391 e. The van der Waals surface area contributed by atoms with Crippen molar-refractivity contribution < 1.29 is 9.50 Å². The fourth-order valence-electron chi connectivity index (χ4n) is 1.21. The van der Waals surface area contributed by atoms with Gasteiger partial charge in [-0.2, -0.15) is 0 Å². The van der Waals surface area contributed by atoms with Crippen LogP contribution in [0.2, 0.25) is 0 Å². The Bertz CT molecular complexity index is 452. The summed E-state index contributed by atoms with van der Waals surface area (Å²) in [4.78, 5) is 0.764. The van der Waals surface area contributed by atoms with Gasteiger partial charge in [-0.3, -0.25) is 0 Å². The molecule has 0 radical (unpaired) electrons. The molecule has 1 aromatic carbocycles. The third-order valence-electron chi connectivity index (χ3n) is 1.82. The summed E-state index contributed by atoms with van der Waals surface area (Å²) in [5.41, 5.74) is 0. The van der Waals surface area contributed by atoms with E-state index in [1.807, 2.05) is 6.07 Å². The highest BCUT2D eigenvalue weighted by molar-refractivity contribution is 9.10. The molecule has 2 aromatic rings. The SMILES string of the molecule is OCc1sc2c(F)cccc2c1Br. The quantitative estimate of drug-likeness (QED) is 0.835. The molecule has 0 amide bonds. The number of fused-ring (bicyclic) bond motifs is 1. The second-order valence-corrected chi connectivity index (χ2v) is 4.51. The largest absolute Gasteiger partial charge is 0.391 e. The van der Waals surface area contributed by atoms with Gasteiger partial charge in [0.15, 0.2) is 0 Å². The van der Waals surface area contributed by atoms with Crippen molar-refractivity contribution >= 4 is 37.4 Å². The van der Waals surface area contributed by atoms with Gasteiger partial charge in [0, 0.05) is 14.7 Å². The number of benzene rings is 1. The van der Waals surface area contributed by atoms with Gasteiger partial charge in [-0.15, -0.1) is 11.3 Å². The zero-order valence-corrected chi connectivity index (χ0v) is 8.95. The number of halogens is 2. The third-order valence-corrected chi connectivity index (χ3v) is 4.18. The van der Waals surface area contributed by atoms with Gasteiger partial charge in [-0.25, -0.2) is 4.39 Å². The highest BCUT2D eigenvalue weighted by Crippen LogP contribution is 2.36. The van der Waals surface area contributed by atoms with Crippen molar-refractivity contribution in [1.29, 1.82) is 0 Å². The summed E-state index contributed by atoms with van der Waals surface area (Å²) in [6.07, 6.45) is 0. The first-order chi connectivity index (χ1) is 6.24. The Morgan fingerprint density at radius 2 is 2.23 bits per heavy atom. The highest BCUT2D eigenvalue weighted by atomic mass is 79.9. The van der Waals surface area contributed by atoms with E-state index in [4.69, 9.17) is 5.11 Å². The molecule has 0 fully saturated rings. The van der Waals surface area contributed by atoms with Crippen LogP contribution in [0.1, 0.15) is 4.88 Å². The van der Waals surface area contributed by atoms with Gasteiger partial charge in [0.2, 0.25) is 0 Å². The van der Waals surface area contributed by atoms with Gasteiger partial charge in [0.1, 0.15) is 5.82 Å². The van der Waals surface area contributed by atoms with E-state index in [1.165, 1.54) is 17.4 Å². The minimum atomic E-state index is -0.233. The molecule has 1 N–H and O–H groups in total. The van der Waals surface area contributed by atoms with E-state index < -0.39 is 0 Å². The zero-order chi connectivity index (χ0) is 9.42. The van der Waals surface area contributed by atoms with Crippen LogP contribution < -0.4 is 0 Å². The molecule has 68 valence electrons. The molecule has 4 heteroatoms. The molecule has 0 saturated carbocycles. The Kier molecular flexibility index (Phi) is 2.36. The van der Waals surface area contributed by atoms with Crippen molar-refractivity contribution in [3.63, 3.8) is 0 Å². The van der Waals surface area contributed by atoms with Crippen molar-refractivity contribution in [3.8, 4) is 0 Å². The van der Waals surface area contributed by atoms with Crippen LogP contribution in [0, 0.1) is 5.82 Å². The van der Waals surface area contributed by atoms with Crippen molar-refractivity contribution in [2.75, 3.05) is 0 Å². The molecular weight excluding hydrogens is 255 g/mol. The predicted molar refractivity (Wildman–Crippen MR) is 55.4 cm³/mol. The number of hydrogen-bond acceptors (Lipinski definition) is 2. The first-order valence-corrected chi connectivity index (χ1v) is 5.31. The Morgan fingerprint density at radius 1 is 1.46 bits per heavy atom. The summed E-state index contributed by atoms with van der Waals surface area (Å²) < 4.78 is 14.6. The summed E-state index contributed by atoms with van der Waals surface area (Å²) in [6, 6.07) is 4.92. The average molecular weight is 261 g/mol. The first-order valence-electron chi connectivity index (χ1n) is 3.70. The smallest absolute Gasteiger partial charge is 0.141 e.